The zero-order valence-electron chi connectivity index (χ0n) is 8.76. The molecule has 0 aromatic carbocycles. The normalized spacial score (nSPS) is 34.8. The Morgan fingerprint density at radius 2 is 1.54 bits per heavy atom. The van der Waals surface area contributed by atoms with Crippen molar-refractivity contribution in [1.82, 2.24) is 0 Å². The smallest absolute Gasteiger partial charge is 0.0589 e. The molecular weight excluding hydrogens is 228 g/mol. The molecule has 0 amide bonds. The molecule has 0 bridgehead atoms. The van der Waals surface area contributed by atoms with Crippen molar-refractivity contribution in [2.75, 3.05) is 0 Å². The van der Waals surface area contributed by atoms with Gasteiger partial charge in [-0.1, -0.05) is 42.6 Å². The molecule has 0 aromatic heterocycles. The first-order chi connectivity index (χ1) is 6.26. The van der Waals surface area contributed by atoms with E-state index in [4.69, 9.17) is 4.74 Å². The summed E-state index contributed by atoms with van der Waals surface area (Å²) in [4.78, 5) is 0.689. The maximum absolute atomic E-state index is 6.01. The van der Waals surface area contributed by atoms with E-state index in [2.05, 4.69) is 29.8 Å². The Morgan fingerprint density at radius 1 is 1.08 bits per heavy atom. The van der Waals surface area contributed by atoms with E-state index < -0.39 is 0 Å². The Balaban J connectivity index is 2.33. The van der Waals surface area contributed by atoms with Gasteiger partial charge in [0.25, 0.3) is 0 Å². The van der Waals surface area contributed by atoms with Gasteiger partial charge in [-0.2, -0.15) is 0 Å². The minimum atomic E-state index is 0.514. The van der Waals surface area contributed by atoms with Crippen LogP contribution in [0.4, 0.5) is 0 Å². The van der Waals surface area contributed by atoms with Gasteiger partial charge in [-0.25, -0.2) is 0 Å². The second-order valence-corrected chi connectivity index (χ2v) is 5.32. The van der Waals surface area contributed by atoms with E-state index in [-0.39, 0.29) is 0 Å². The van der Waals surface area contributed by atoms with E-state index in [9.17, 15) is 0 Å². The van der Waals surface area contributed by atoms with Crippen LogP contribution in [0.2, 0.25) is 0 Å². The molecular formula is C11H21BrO. The number of alkyl halides is 1. The number of halogens is 1. The summed E-state index contributed by atoms with van der Waals surface area (Å²) in [6, 6.07) is 0. The van der Waals surface area contributed by atoms with Crippen LogP contribution < -0.4 is 0 Å². The predicted molar refractivity (Wildman–Crippen MR) is 60.4 cm³/mol. The van der Waals surface area contributed by atoms with E-state index in [0.29, 0.717) is 17.0 Å². The van der Waals surface area contributed by atoms with Crippen LogP contribution in [-0.4, -0.2) is 17.0 Å². The van der Waals surface area contributed by atoms with E-state index in [1.807, 2.05) is 0 Å². The van der Waals surface area contributed by atoms with E-state index in [1.54, 1.807) is 0 Å². The predicted octanol–water partition coefficient (Wildman–Crippen LogP) is 3.90. The third kappa shape index (κ3) is 3.99. The van der Waals surface area contributed by atoms with Crippen molar-refractivity contribution in [3.8, 4) is 0 Å². The Labute approximate surface area is 90.4 Å². The van der Waals surface area contributed by atoms with Crippen molar-refractivity contribution in [2.45, 2.75) is 69.4 Å². The molecule has 2 heteroatoms. The first-order valence-electron chi connectivity index (χ1n) is 5.55. The Hall–Kier alpha value is 0.440. The highest BCUT2D eigenvalue weighted by atomic mass is 79.9. The third-order valence-electron chi connectivity index (χ3n) is 2.64. The molecule has 1 saturated heterocycles. The minimum Gasteiger partial charge on any atom is -0.375 e. The molecule has 0 spiro atoms. The zero-order valence-corrected chi connectivity index (χ0v) is 10.3. The molecule has 1 aliphatic heterocycles. The summed E-state index contributed by atoms with van der Waals surface area (Å²) in [6.45, 7) is 4.46. The molecule has 78 valence electrons. The molecule has 1 rings (SSSR count). The van der Waals surface area contributed by atoms with Gasteiger partial charge >= 0.3 is 0 Å². The molecule has 13 heavy (non-hydrogen) atoms. The number of hydrogen-bond donors (Lipinski definition) is 0. The van der Waals surface area contributed by atoms with Crippen molar-refractivity contribution in [1.29, 1.82) is 0 Å². The lowest BCUT2D eigenvalue weighted by Gasteiger charge is -2.33. The van der Waals surface area contributed by atoms with E-state index in [1.165, 1.54) is 38.5 Å². The van der Waals surface area contributed by atoms with Crippen molar-refractivity contribution < 1.29 is 4.74 Å². The van der Waals surface area contributed by atoms with Crippen LogP contribution in [-0.2, 0) is 4.74 Å². The van der Waals surface area contributed by atoms with Crippen molar-refractivity contribution in [2.24, 2.45) is 0 Å². The highest BCUT2D eigenvalue weighted by Crippen LogP contribution is 2.29. The summed E-state index contributed by atoms with van der Waals surface area (Å²) in [5, 5.41) is 0. The summed E-state index contributed by atoms with van der Waals surface area (Å²) in [7, 11) is 0. The van der Waals surface area contributed by atoms with Gasteiger partial charge in [-0.05, 0) is 25.7 Å². The van der Waals surface area contributed by atoms with Gasteiger partial charge in [0, 0.05) is 4.83 Å². The molecule has 1 fully saturated rings. The molecule has 1 heterocycles. The zero-order chi connectivity index (χ0) is 9.68. The summed E-state index contributed by atoms with van der Waals surface area (Å²) in [5.74, 6) is 0. The highest BCUT2D eigenvalue weighted by Gasteiger charge is 2.26. The third-order valence-corrected chi connectivity index (χ3v) is 3.39. The standard InChI is InChI=1S/C11H21BrO/c1-3-5-10-7-9(12)8-11(13-10)6-4-2/h9-11H,3-8H2,1-2H3. The molecule has 2 unspecified atom stereocenters. The summed E-state index contributed by atoms with van der Waals surface area (Å²) in [5.41, 5.74) is 0. The van der Waals surface area contributed by atoms with Gasteiger partial charge in [-0.3, -0.25) is 0 Å². The first kappa shape index (κ1) is 11.5. The van der Waals surface area contributed by atoms with Crippen LogP contribution >= 0.6 is 15.9 Å². The summed E-state index contributed by atoms with van der Waals surface area (Å²) >= 11 is 3.73. The maximum Gasteiger partial charge on any atom is 0.0589 e. The summed E-state index contributed by atoms with van der Waals surface area (Å²) < 4.78 is 6.01. The quantitative estimate of drug-likeness (QED) is 0.686. The van der Waals surface area contributed by atoms with Crippen LogP contribution in [0.25, 0.3) is 0 Å². The van der Waals surface area contributed by atoms with E-state index >= 15 is 0 Å². The van der Waals surface area contributed by atoms with Crippen molar-refractivity contribution >= 4 is 15.9 Å². The van der Waals surface area contributed by atoms with Gasteiger partial charge in [-0.15, -0.1) is 0 Å². The fourth-order valence-electron chi connectivity index (χ4n) is 2.07. The largest absolute Gasteiger partial charge is 0.375 e. The Morgan fingerprint density at radius 3 is 1.92 bits per heavy atom. The molecule has 0 radical (unpaired) electrons. The van der Waals surface area contributed by atoms with Gasteiger partial charge in [0.1, 0.15) is 0 Å². The van der Waals surface area contributed by atoms with Crippen molar-refractivity contribution in [3.63, 3.8) is 0 Å². The lowest BCUT2D eigenvalue weighted by Crippen LogP contribution is -2.33. The molecule has 0 aromatic rings. The van der Waals surface area contributed by atoms with Gasteiger partial charge < -0.3 is 4.74 Å². The summed E-state index contributed by atoms with van der Waals surface area (Å²) in [6.07, 6.45) is 8.36. The Bertz CT molecular complexity index is 124. The topological polar surface area (TPSA) is 9.23 Å². The van der Waals surface area contributed by atoms with Crippen LogP contribution in [0.15, 0.2) is 0 Å². The molecule has 1 nitrogen and oxygen atoms in total. The fraction of sp³-hybridized carbons (Fsp3) is 1.00. The fourth-order valence-corrected chi connectivity index (χ4v) is 2.90. The monoisotopic (exact) mass is 248 g/mol. The van der Waals surface area contributed by atoms with Crippen LogP contribution in [0.3, 0.4) is 0 Å². The second-order valence-electron chi connectivity index (χ2n) is 4.03. The minimum absolute atomic E-state index is 0.514. The molecule has 0 N–H and O–H groups in total. The van der Waals surface area contributed by atoms with Gasteiger partial charge in [0.15, 0.2) is 0 Å². The highest BCUT2D eigenvalue weighted by molar-refractivity contribution is 9.09. The molecule has 1 aliphatic rings. The lowest BCUT2D eigenvalue weighted by molar-refractivity contribution is -0.0531. The van der Waals surface area contributed by atoms with E-state index in [0.717, 1.165) is 0 Å². The lowest BCUT2D eigenvalue weighted by atomic mass is 9.98. The number of ether oxygens (including phenoxy) is 1. The number of rotatable bonds is 4. The van der Waals surface area contributed by atoms with Crippen LogP contribution in [0.5, 0.6) is 0 Å². The van der Waals surface area contributed by atoms with Crippen LogP contribution in [0.1, 0.15) is 52.4 Å². The Kier molecular flexibility index (Phi) is 5.34. The molecule has 2 atom stereocenters. The maximum atomic E-state index is 6.01. The molecule has 0 saturated carbocycles. The molecule has 0 aliphatic carbocycles. The average Bonchev–Trinajstić information content (AvgIpc) is 2.04. The first-order valence-corrected chi connectivity index (χ1v) is 6.47. The number of hydrogen-bond acceptors (Lipinski definition) is 1. The second kappa shape index (κ2) is 6.02. The van der Waals surface area contributed by atoms with Gasteiger partial charge in [0.2, 0.25) is 0 Å². The van der Waals surface area contributed by atoms with Crippen LogP contribution in [0, 0.1) is 0 Å². The SMILES string of the molecule is CCCC1CC(Br)CC(CCC)O1. The van der Waals surface area contributed by atoms with Crippen molar-refractivity contribution in [3.05, 3.63) is 0 Å². The average molecular weight is 249 g/mol. The van der Waals surface area contributed by atoms with Gasteiger partial charge in [0.05, 0.1) is 12.2 Å².